The Morgan fingerprint density at radius 3 is 2.37 bits per heavy atom. The van der Waals surface area contributed by atoms with E-state index in [2.05, 4.69) is 39.5 Å². The van der Waals surface area contributed by atoms with Crippen LogP contribution in [0, 0.1) is 50.7 Å². The fraction of sp³-hybridized carbons (Fsp3) is 1.00. The third-order valence-electron chi connectivity index (χ3n) is 17.4. The summed E-state index contributed by atoms with van der Waals surface area (Å²) in [6.45, 7) is 21.7. The Hall–Kier alpha value is -0.460. The Kier molecular flexibility index (Phi) is 9.20. The number of halogens is 2. The SMILES string of the molecule is CCO[C@@H](C1C[C@@H](C)[C@H]2C(O1)[C@H](O)[C@@]1(C)C3CC[C@H]4C(C)(C)[C@@H](O[C@H]5CN(C6CN(CC(F)F)C6)CCO5)CCC45CC35CC[C@]21C)C(C)(C)O. The summed E-state index contributed by atoms with van der Waals surface area (Å²) in [6.07, 6.45) is 5.09. The van der Waals surface area contributed by atoms with Gasteiger partial charge in [0, 0.05) is 44.2 Å². The van der Waals surface area contributed by atoms with Crippen LogP contribution in [0.25, 0.3) is 0 Å². The van der Waals surface area contributed by atoms with Gasteiger partial charge in [-0.3, -0.25) is 9.80 Å². The molecule has 3 saturated heterocycles. The number of alkyl halides is 2. The van der Waals surface area contributed by atoms with Crippen molar-refractivity contribution >= 4 is 0 Å². The van der Waals surface area contributed by atoms with Gasteiger partial charge in [0.25, 0.3) is 6.43 Å². The van der Waals surface area contributed by atoms with Crippen LogP contribution >= 0.6 is 0 Å². The van der Waals surface area contributed by atoms with Gasteiger partial charge in [-0.05, 0) is 117 Å². The van der Waals surface area contributed by atoms with Crippen molar-refractivity contribution in [1.29, 1.82) is 0 Å². The lowest BCUT2D eigenvalue weighted by Crippen LogP contribution is -2.64. The molecule has 0 aromatic rings. The topological polar surface area (TPSA) is 83.9 Å². The number of aliphatic hydroxyl groups excluding tert-OH is 1. The van der Waals surface area contributed by atoms with E-state index in [1.807, 2.05) is 25.7 Å². The average molecular weight is 723 g/mol. The molecule has 3 heterocycles. The highest BCUT2D eigenvalue weighted by Crippen LogP contribution is 2.89. The summed E-state index contributed by atoms with van der Waals surface area (Å²) in [5.74, 6) is 1.68. The number of morpholine rings is 1. The minimum absolute atomic E-state index is 0.00304. The largest absolute Gasteiger partial charge is 0.390 e. The monoisotopic (exact) mass is 723 g/mol. The lowest BCUT2D eigenvalue weighted by atomic mass is 9.41. The Balaban J connectivity index is 0.976. The molecule has 0 bridgehead atoms. The molecular weight excluding hydrogens is 654 g/mol. The van der Waals surface area contributed by atoms with E-state index in [-0.39, 0.29) is 58.7 Å². The molecule has 51 heavy (non-hydrogen) atoms. The molecule has 5 aliphatic carbocycles. The first-order valence-corrected chi connectivity index (χ1v) is 20.6. The highest BCUT2D eigenvalue weighted by atomic mass is 19.3. The predicted octanol–water partition coefficient (Wildman–Crippen LogP) is 5.97. The van der Waals surface area contributed by atoms with Gasteiger partial charge >= 0.3 is 0 Å². The molecule has 8 rings (SSSR count). The summed E-state index contributed by atoms with van der Waals surface area (Å²) in [4.78, 5) is 4.24. The van der Waals surface area contributed by atoms with Crippen LogP contribution in [-0.4, -0.2) is 121 Å². The number of ether oxygens (including phenoxy) is 4. The van der Waals surface area contributed by atoms with Crippen LogP contribution in [0.1, 0.15) is 107 Å². The van der Waals surface area contributed by atoms with Gasteiger partial charge in [-0.15, -0.1) is 0 Å². The van der Waals surface area contributed by atoms with Crippen LogP contribution in [-0.2, 0) is 18.9 Å². The molecule has 0 radical (unpaired) electrons. The first kappa shape index (κ1) is 37.5. The van der Waals surface area contributed by atoms with Crippen molar-refractivity contribution in [1.82, 2.24) is 9.80 Å². The fourth-order valence-corrected chi connectivity index (χ4v) is 15.0. The third-order valence-corrected chi connectivity index (χ3v) is 17.4. The van der Waals surface area contributed by atoms with E-state index in [4.69, 9.17) is 18.9 Å². The van der Waals surface area contributed by atoms with Gasteiger partial charge in [-0.25, -0.2) is 8.78 Å². The maximum absolute atomic E-state index is 12.9. The van der Waals surface area contributed by atoms with E-state index < -0.39 is 24.2 Å². The van der Waals surface area contributed by atoms with E-state index in [0.717, 1.165) is 38.6 Å². The molecule has 0 aromatic heterocycles. The lowest BCUT2D eigenvalue weighted by molar-refractivity contribution is -0.253. The first-order valence-electron chi connectivity index (χ1n) is 20.6. The second-order valence-electron chi connectivity index (χ2n) is 20.3. The molecule has 3 aliphatic heterocycles. The van der Waals surface area contributed by atoms with Crippen LogP contribution < -0.4 is 0 Å². The Morgan fingerprint density at radius 1 is 0.980 bits per heavy atom. The van der Waals surface area contributed by atoms with Gasteiger partial charge in [-0.1, -0.05) is 34.6 Å². The van der Waals surface area contributed by atoms with Crippen molar-refractivity contribution in [3.8, 4) is 0 Å². The summed E-state index contributed by atoms with van der Waals surface area (Å²) in [5, 5.41) is 23.7. The second kappa shape index (κ2) is 12.5. The molecule has 0 aromatic carbocycles. The summed E-state index contributed by atoms with van der Waals surface area (Å²) in [7, 11) is 0. The number of hydrogen-bond donors (Lipinski definition) is 2. The average Bonchev–Trinajstić information content (AvgIpc) is 3.67. The van der Waals surface area contributed by atoms with Crippen molar-refractivity contribution in [2.75, 3.05) is 45.9 Å². The molecule has 5 saturated carbocycles. The van der Waals surface area contributed by atoms with Crippen LogP contribution in [0.4, 0.5) is 8.78 Å². The standard InChI is InChI=1S/C41H68F2N2O6/c1-9-48-35(37(5,6)47)26-18-24(2)32-33(50-26)34(46)39(8)28-11-10-27-36(3,4)29(12-13-40(27)23-41(28,40)15-14-38(32,39)7)51-31-22-45(16-17-49-31)25-19-44(20-25)21-30(42)43/h24-35,46-47H,9-23H2,1-8H3/t24-,26?,27+,28?,29+,31+,32+,33?,34+,35+,38-,39-,40?,41?/m1/s1. The normalized spacial score (nSPS) is 50.4. The molecular formula is C41H68F2N2O6. The maximum atomic E-state index is 12.9. The van der Waals surface area contributed by atoms with Crippen molar-refractivity contribution < 1.29 is 37.9 Å². The van der Waals surface area contributed by atoms with Gasteiger partial charge in [-0.2, -0.15) is 0 Å². The van der Waals surface area contributed by atoms with E-state index in [1.165, 1.54) is 19.3 Å². The number of nitrogens with zero attached hydrogens (tertiary/aromatic N) is 2. The zero-order valence-electron chi connectivity index (χ0n) is 32.7. The molecule has 5 unspecified atom stereocenters. The molecule has 8 fully saturated rings. The lowest BCUT2D eigenvalue weighted by Gasteiger charge is -2.64. The number of rotatable bonds is 9. The van der Waals surface area contributed by atoms with Crippen LogP contribution in [0.2, 0.25) is 0 Å². The minimum Gasteiger partial charge on any atom is -0.390 e. The number of aliphatic hydroxyl groups is 2. The smallest absolute Gasteiger partial charge is 0.251 e. The maximum Gasteiger partial charge on any atom is 0.251 e. The van der Waals surface area contributed by atoms with Crippen LogP contribution in [0.3, 0.4) is 0 Å². The van der Waals surface area contributed by atoms with Crippen LogP contribution in [0.15, 0.2) is 0 Å². The van der Waals surface area contributed by atoms with Gasteiger partial charge in [0.1, 0.15) is 6.10 Å². The molecule has 14 atom stereocenters. The number of hydrogen-bond acceptors (Lipinski definition) is 8. The minimum atomic E-state index is -2.28. The summed E-state index contributed by atoms with van der Waals surface area (Å²) >= 11 is 0. The van der Waals surface area contributed by atoms with Gasteiger partial charge in [0.2, 0.25) is 0 Å². The van der Waals surface area contributed by atoms with Gasteiger partial charge in [0.05, 0.1) is 43.2 Å². The zero-order chi connectivity index (χ0) is 36.5. The quantitative estimate of drug-likeness (QED) is 0.302. The molecule has 2 N–H and O–H groups in total. The molecule has 0 amide bonds. The van der Waals surface area contributed by atoms with E-state index in [0.29, 0.717) is 62.1 Å². The van der Waals surface area contributed by atoms with Crippen molar-refractivity contribution in [2.45, 2.75) is 162 Å². The Labute approximate surface area is 305 Å². The Bertz CT molecular complexity index is 1310. The van der Waals surface area contributed by atoms with Crippen LogP contribution in [0.5, 0.6) is 0 Å². The summed E-state index contributed by atoms with van der Waals surface area (Å²) < 4.78 is 51.9. The predicted molar refractivity (Wildman–Crippen MR) is 190 cm³/mol. The van der Waals surface area contributed by atoms with Crippen molar-refractivity contribution in [2.24, 2.45) is 50.7 Å². The van der Waals surface area contributed by atoms with Crippen molar-refractivity contribution in [3.63, 3.8) is 0 Å². The first-order chi connectivity index (χ1) is 23.9. The molecule has 10 heteroatoms. The van der Waals surface area contributed by atoms with Gasteiger partial charge in [0.15, 0.2) is 6.29 Å². The molecule has 292 valence electrons. The molecule has 8 aliphatic rings. The molecule has 8 nitrogen and oxygen atoms in total. The van der Waals surface area contributed by atoms with E-state index in [9.17, 15) is 19.0 Å². The third kappa shape index (κ3) is 5.36. The number of likely N-dealkylation sites (tertiary alicyclic amines) is 1. The fourth-order valence-electron chi connectivity index (χ4n) is 15.0. The van der Waals surface area contributed by atoms with E-state index in [1.54, 1.807) is 0 Å². The zero-order valence-corrected chi connectivity index (χ0v) is 32.7. The summed E-state index contributed by atoms with van der Waals surface area (Å²) in [6, 6.07) is 0.308. The molecule has 2 spiro atoms. The van der Waals surface area contributed by atoms with Gasteiger partial charge < -0.3 is 29.2 Å². The summed E-state index contributed by atoms with van der Waals surface area (Å²) in [5.41, 5.74) is -0.723. The highest BCUT2D eigenvalue weighted by Gasteiger charge is 2.84. The van der Waals surface area contributed by atoms with Crippen molar-refractivity contribution in [3.05, 3.63) is 0 Å². The number of fused-ring (bicyclic) bond motifs is 4. The van der Waals surface area contributed by atoms with E-state index >= 15 is 0 Å². The highest BCUT2D eigenvalue weighted by molar-refractivity contribution is 5.33. The second-order valence-corrected chi connectivity index (χ2v) is 20.3. The Morgan fingerprint density at radius 2 is 1.69 bits per heavy atom.